The molecule has 6 nitrogen and oxygen atoms in total. The van der Waals surface area contributed by atoms with Crippen LogP contribution in [0.4, 0.5) is 15.8 Å². The number of hydrogen-bond donors (Lipinski definition) is 0. The van der Waals surface area contributed by atoms with Crippen LogP contribution in [-0.2, 0) is 9.59 Å². The molecule has 3 fully saturated rings. The van der Waals surface area contributed by atoms with Gasteiger partial charge in [-0.15, -0.1) is 0 Å². The van der Waals surface area contributed by atoms with Gasteiger partial charge < -0.3 is 4.90 Å². The standard InChI is InChI=1S/C25H28ClFN4O2/c26-18-1-5-22(6-2-18)31-24(32)17-23(25(31)33)30-11-9-21(10-12-30)29-15-13-28(14-16-29)20-7-3-19(27)4-8-20/h1-8,21,23H,9-17H2. The van der Waals surface area contributed by atoms with Crippen LogP contribution in [0.3, 0.4) is 0 Å². The number of imide groups is 1. The molecule has 1 atom stereocenters. The summed E-state index contributed by atoms with van der Waals surface area (Å²) in [5, 5.41) is 0.579. The zero-order valence-electron chi connectivity index (χ0n) is 18.5. The lowest BCUT2D eigenvalue weighted by molar-refractivity contribution is -0.123. The Bertz CT molecular complexity index is 1000. The third kappa shape index (κ3) is 4.63. The molecule has 0 radical (unpaired) electrons. The number of halogens is 2. The predicted octanol–water partition coefficient (Wildman–Crippen LogP) is 3.40. The van der Waals surface area contributed by atoms with E-state index in [1.54, 1.807) is 24.3 Å². The van der Waals surface area contributed by atoms with Gasteiger partial charge in [-0.25, -0.2) is 9.29 Å². The van der Waals surface area contributed by atoms with Crippen molar-refractivity contribution in [1.82, 2.24) is 9.80 Å². The smallest absolute Gasteiger partial charge is 0.251 e. The highest BCUT2D eigenvalue weighted by atomic mass is 35.5. The predicted molar refractivity (Wildman–Crippen MR) is 127 cm³/mol. The van der Waals surface area contributed by atoms with Crippen molar-refractivity contribution in [2.75, 3.05) is 49.1 Å². The Morgan fingerprint density at radius 2 is 1.36 bits per heavy atom. The summed E-state index contributed by atoms with van der Waals surface area (Å²) in [7, 11) is 0. The molecular weight excluding hydrogens is 443 g/mol. The molecule has 0 aromatic heterocycles. The fraction of sp³-hybridized carbons (Fsp3) is 0.440. The van der Waals surface area contributed by atoms with Crippen LogP contribution >= 0.6 is 11.6 Å². The van der Waals surface area contributed by atoms with Crippen LogP contribution in [0, 0.1) is 5.82 Å². The van der Waals surface area contributed by atoms with Crippen LogP contribution in [0.5, 0.6) is 0 Å². The third-order valence-electron chi connectivity index (χ3n) is 7.17. The lowest BCUT2D eigenvalue weighted by Crippen LogP contribution is -2.55. The van der Waals surface area contributed by atoms with Gasteiger partial charge in [0, 0.05) is 56.0 Å². The molecule has 8 heteroatoms. The van der Waals surface area contributed by atoms with Gasteiger partial charge in [0.1, 0.15) is 5.82 Å². The van der Waals surface area contributed by atoms with E-state index in [4.69, 9.17) is 11.6 Å². The van der Waals surface area contributed by atoms with Gasteiger partial charge in [0.05, 0.1) is 18.2 Å². The summed E-state index contributed by atoms with van der Waals surface area (Å²) in [6, 6.07) is 13.7. The molecule has 174 valence electrons. The van der Waals surface area contributed by atoms with Crippen molar-refractivity contribution in [1.29, 1.82) is 0 Å². The molecule has 3 heterocycles. The number of nitrogens with zero attached hydrogens (tertiary/aromatic N) is 4. The Hall–Kier alpha value is -2.48. The molecule has 0 N–H and O–H groups in total. The second-order valence-electron chi connectivity index (χ2n) is 9.03. The van der Waals surface area contributed by atoms with Crippen molar-refractivity contribution in [2.45, 2.75) is 31.3 Å². The maximum Gasteiger partial charge on any atom is 0.251 e. The second kappa shape index (κ2) is 9.41. The Morgan fingerprint density at radius 3 is 2.00 bits per heavy atom. The highest BCUT2D eigenvalue weighted by Crippen LogP contribution is 2.29. The van der Waals surface area contributed by atoms with Crippen LogP contribution < -0.4 is 9.80 Å². The second-order valence-corrected chi connectivity index (χ2v) is 9.47. The fourth-order valence-corrected chi connectivity index (χ4v) is 5.45. The first-order chi connectivity index (χ1) is 16.0. The minimum Gasteiger partial charge on any atom is -0.369 e. The van der Waals surface area contributed by atoms with Crippen LogP contribution in [0.15, 0.2) is 48.5 Å². The maximum atomic E-state index is 13.2. The van der Waals surface area contributed by atoms with E-state index >= 15 is 0 Å². The Kier molecular flexibility index (Phi) is 6.36. The highest BCUT2D eigenvalue weighted by Gasteiger charge is 2.43. The number of hydrogen-bond acceptors (Lipinski definition) is 5. The molecule has 0 aliphatic carbocycles. The van der Waals surface area contributed by atoms with Crippen molar-refractivity contribution < 1.29 is 14.0 Å². The van der Waals surface area contributed by atoms with Crippen LogP contribution in [0.1, 0.15) is 19.3 Å². The Balaban J connectivity index is 1.14. The molecule has 0 saturated carbocycles. The average molecular weight is 471 g/mol. The number of piperazine rings is 1. The van der Waals surface area contributed by atoms with Gasteiger partial charge in [-0.3, -0.25) is 19.4 Å². The molecule has 3 saturated heterocycles. The Labute approximate surface area is 198 Å². The van der Waals surface area contributed by atoms with Crippen LogP contribution in [-0.4, -0.2) is 73.0 Å². The van der Waals surface area contributed by atoms with Gasteiger partial charge >= 0.3 is 0 Å². The Morgan fingerprint density at radius 1 is 0.758 bits per heavy atom. The van der Waals surface area contributed by atoms with Crippen molar-refractivity contribution in [3.8, 4) is 0 Å². The van der Waals surface area contributed by atoms with Gasteiger partial charge in [0.2, 0.25) is 5.91 Å². The first-order valence-corrected chi connectivity index (χ1v) is 12.0. The quantitative estimate of drug-likeness (QED) is 0.641. The number of piperidine rings is 1. The maximum absolute atomic E-state index is 13.2. The summed E-state index contributed by atoms with van der Waals surface area (Å²) in [5.74, 6) is -0.483. The van der Waals surface area contributed by atoms with Gasteiger partial charge in [-0.1, -0.05) is 11.6 Å². The van der Waals surface area contributed by atoms with E-state index in [2.05, 4.69) is 14.7 Å². The van der Waals surface area contributed by atoms with E-state index in [9.17, 15) is 14.0 Å². The molecule has 2 amide bonds. The molecule has 2 aromatic carbocycles. The number of amides is 2. The zero-order valence-corrected chi connectivity index (χ0v) is 19.3. The molecule has 2 aromatic rings. The van der Waals surface area contributed by atoms with Crippen molar-refractivity contribution >= 4 is 34.8 Å². The average Bonchev–Trinajstić information content (AvgIpc) is 3.14. The van der Waals surface area contributed by atoms with Gasteiger partial charge in [0.15, 0.2) is 0 Å². The number of carbonyl (C=O) groups is 2. The van der Waals surface area contributed by atoms with Crippen molar-refractivity contribution in [3.63, 3.8) is 0 Å². The van der Waals surface area contributed by atoms with Crippen LogP contribution in [0.25, 0.3) is 0 Å². The molecule has 33 heavy (non-hydrogen) atoms. The summed E-state index contributed by atoms with van der Waals surface area (Å²) >= 11 is 5.95. The largest absolute Gasteiger partial charge is 0.369 e. The minimum absolute atomic E-state index is 0.131. The van der Waals surface area contributed by atoms with Crippen LogP contribution in [0.2, 0.25) is 5.02 Å². The molecule has 0 spiro atoms. The summed E-state index contributed by atoms with van der Waals surface area (Å²) < 4.78 is 13.2. The van der Waals surface area contributed by atoms with E-state index in [1.807, 2.05) is 12.1 Å². The number of likely N-dealkylation sites (tertiary alicyclic amines) is 1. The van der Waals surface area contributed by atoms with E-state index < -0.39 is 0 Å². The zero-order chi connectivity index (χ0) is 22.9. The lowest BCUT2D eigenvalue weighted by Gasteiger charge is -2.44. The normalized spacial score (nSPS) is 23.5. The summed E-state index contributed by atoms with van der Waals surface area (Å²) in [5.41, 5.74) is 1.66. The molecule has 3 aliphatic heterocycles. The van der Waals surface area contributed by atoms with Gasteiger partial charge in [-0.2, -0.15) is 0 Å². The summed E-state index contributed by atoms with van der Waals surface area (Å²) in [4.78, 5) is 34.0. The van der Waals surface area contributed by atoms with E-state index in [0.29, 0.717) is 16.8 Å². The fourth-order valence-electron chi connectivity index (χ4n) is 5.32. The summed E-state index contributed by atoms with van der Waals surface area (Å²) in [6.45, 7) is 5.46. The number of carbonyl (C=O) groups excluding carboxylic acids is 2. The molecule has 1 unspecified atom stereocenters. The van der Waals surface area contributed by atoms with Crippen molar-refractivity contribution in [2.24, 2.45) is 0 Å². The van der Waals surface area contributed by atoms with E-state index in [-0.39, 0.29) is 30.1 Å². The van der Waals surface area contributed by atoms with Crippen molar-refractivity contribution in [3.05, 3.63) is 59.4 Å². The first-order valence-electron chi connectivity index (χ1n) is 11.6. The monoisotopic (exact) mass is 470 g/mol. The van der Waals surface area contributed by atoms with E-state index in [1.165, 1.54) is 17.0 Å². The number of benzene rings is 2. The number of rotatable bonds is 4. The first kappa shape index (κ1) is 22.3. The molecular formula is C25H28ClFN4O2. The van der Waals surface area contributed by atoms with Gasteiger partial charge in [0.25, 0.3) is 5.91 Å². The lowest BCUT2D eigenvalue weighted by atomic mass is 10.00. The highest BCUT2D eigenvalue weighted by molar-refractivity contribution is 6.30. The summed E-state index contributed by atoms with van der Waals surface area (Å²) in [6.07, 6.45) is 2.23. The number of anilines is 2. The SMILES string of the molecule is O=C1CC(N2CCC(N3CCN(c4ccc(F)cc4)CC3)CC2)C(=O)N1c1ccc(Cl)cc1. The van der Waals surface area contributed by atoms with E-state index in [0.717, 1.165) is 57.8 Å². The molecule has 0 bridgehead atoms. The molecule has 3 aliphatic rings. The minimum atomic E-state index is -0.371. The van der Waals surface area contributed by atoms with Gasteiger partial charge in [-0.05, 0) is 61.4 Å². The molecule has 5 rings (SSSR count). The topological polar surface area (TPSA) is 47.1 Å². The third-order valence-corrected chi connectivity index (χ3v) is 7.42.